The Kier molecular flexibility index (Phi) is 7.27. The van der Waals surface area contributed by atoms with Crippen LogP contribution in [0.5, 0.6) is 11.5 Å². The monoisotopic (exact) mass is 541 g/mol. The summed E-state index contributed by atoms with van der Waals surface area (Å²) in [5, 5.41) is 1.06. The zero-order valence-electron chi connectivity index (χ0n) is 16.2. The number of hydrogen-bond acceptors (Lipinski definition) is 6. The molecule has 0 saturated carbocycles. The van der Waals surface area contributed by atoms with E-state index in [0.717, 1.165) is 8.95 Å². The molecule has 0 amide bonds. The summed E-state index contributed by atoms with van der Waals surface area (Å²) in [6.45, 7) is 3.45. The molecule has 0 unspecified atom stereocenters. The van der Waals surface area contributed by atoms with Crippen molar-refractivity contribution >= 4 is 53.7 Å². The van der Waals surface area contributed by atoms with Crippen LogP contribution in [-0.4, -0.2) is 57.8 Å². The van der Waals surface area contributed by atoms with Crippen LogP contribution in [0, 0.1) is 0 Å². The summed E-state index contributed by atoms with van der Waals surface area (Å²) in [6, 6.07) is 7.24. The molecule has 0 spiro atoms. The molecule has 160 valence electrons. The van der Waals surface area contributed by atoms with E-state index in [1.165, 1.54) is 0 Å². The first kappa shape index (κ1) is 21.6. The Morgan fingerprint density at radius 1 is 0.633 bits per heavy atom. The molecular formula is C21H21Br2NO6. The predicted octanol–water partition coefficient (Wildman–Crippen LogP) is 4.03. The van der Waals surface area contributed by atoms with E-state index >= 15 is 0 Å². The first-order valence-corrected chi connectivity index (χ1v) is 11.2. The van der Waals surface area contributed by atoms with Gasteiger partial charge in [-0.05, 0) is 24.3 Å². The van der Waals surface area contributed by atoms with Gasteiger partial charge in [0.2, 0.25) is 0 Å². The second-order valence-corrected chi connectivity index (χ2v) is 8.47. The molecule has 2 heterocycles. The number of aromatic nitrogens is 1. The Balaban J connectivity index is 1.79. The van der Waals surface area contributed by atoms with Crippen molar-refractivity contribution in [2.24, 2.45) is 0 Å². The van der Waals surface area contributed by atoms with E-state index in [-0.39, 0.29) is 5.43 Å². The Hall–Kier alpha value is -1.65. The normalized spacial score (nSPS) is 16.9. The summed E-state index contributed by atoms with van der Waals surface area (Å²) < 4.78 is 29.9. The van der Waals surface area contributed by atoms with Gasteiger partial charge in [-0.15, -0.1) is 0 Å². The van der Waals surface area contributed by atoms with E-state index in [0.29, 0.717) is 86.2 Å². The fourth-order valence-electron chi connectivity index (χ4n) is 3.24. The fraction of sp³-hybridized carbons (Fsp3) is 0.381. The van der Waals surface area contributed by atoms with E-state index in [1.54, 1.807) is 12.1 Å². The molecule has 3 aromatic rings. The minimum Gasteiger partial charge on any atom is -0.489 e. The van der Waals surface area contributed by atoms with Crippen LogP contribution in [0.2, 0.25) is 0 Å². The quantitative estimate of drug-likeness (QED) is 0.432. The molecular weight excluding hydrogens is 522 g/mol. The minimum absolute atomic E-state index is 0.102. The predicted molar refractivity (Wildman–Crippen MR) is 121 cm³/mol. The van der Waals surface area contributed by atoms with Crippen molar-refractivity contribution < 1.29 is 23.7 Å². The molecule has 1 N–H and O–H groups in total. The molecule has 0 radical (unpaired) electrons. The van der Waals surface area contributed by atoms with Gasteiger partial charge in [0.05, 0.1) is 61.4 Å². The molecule has 0 saturated heterocycles. The van der Waals surface area contributed by atoms with E-state index in [1.807, 2.05) is 12.1 Å². The highest BCUT2D eigenvalue weighted by Gasteiger charge is 2.15. The number of H-pyrrole nitrogens is 1. The van der Waals surface area contributed by atoms with Crippen molar-refractivity contribution in [3.63, 3.8) is 0 Å². The summed E-state index contributed by atoms with van der Waals surface area (Å²) in [4.78, 5) is 16.6. The van der Waals surface area contributed by atoms with Gasteiger partial charge in [0.1, 0.15) is 24.7 Å². The largest absolute Gasteiger partial charge is 0.489 e. The van der Waals surface area contributed by atoms with Crippen LogP contribution in [-0.2, 0) is 14.2 Å². The van der Waals surface area contributed by atoms with Crippen LogP contribution >= 0.6 is 31.9 Å². The molecule has 2 aromatic carbocycles. The van der Waals surface area contributed by atoms with Gasteiger partial charge in [-0.1, -0.05) is 31.9 Å². The summed E-state index contributed by atoms with van der Waals surface area (Å²) in [7, 11) is 0. The standard InChI is InChI=1S/C21H21Br2NO6/c22-13-9-15-19-17(11-13)29-7-5-27-3-1-26-2-4-28-6-8-30-18-12-14(23)10-16(21(15)25)20(18)24-19/h9-12H,1-8H2,(H,24,25). The number of pyridine rings is 1. The summed E-state index contributed by atoms with van der Waals surface area (Å²) >= 11 is 6.95. The van der Waals surface area contributed by atoms with Gasteiger partial charge in [0.15, 0.2) is 5.43 Å². The minimum atomic E-state index is -0.102. The lowest BCUT2D eigenvalue weighted by Crippen LogP contribution is -2.15. The molecule has 0 aliphatic carbocycles. The first-order valence-electron chi connectivity index (χ1n) is 9.61. The van der Waals surface area contributed by atoms with Crippen LogP contribution in [0.3, 0.4) is 0 Å². The third-order valence-electron chi connectivity index (χ3n) is 4.59. The molecule has 0 atom stereocenters. The van der Waals surface area contributed by atoms with E-state index in [9.17, 15) is 4.79 Å². The third-order valence-corrected chi connectivity index (χ3v) is 5.50. The van der Waals surface area contributed by atoms with Crippen LogP contribution < -0.4 is 14.9 Å². The number of ether oxygens (including phenoxy) is 5. The summed E-state index contributed by atoms with van der Waals surface area (Å²) in [5.74, 6) is 1.13. The van der Waals surface area contributed by atoms with Gasteiger partial charge < -0.3 is 28.7 Å². The third kappa shape index (κ3) is 4.97. The number of nitrogens with one attached hydrogen (secondary N) is 1. The van der Waals surface area contributed by atoms with E-state index in [2.05, 4.69) is 36.8 Å². The smallest absolute Gasteiger partial charge is 0.197 e. The summed E-state index contributed by atoms with van der Waals surface area (Å²) in [5.41, 5.74) is 1.13. The molecule has 1 aliphatic heterocycles. The Bertz CT molecular complexity index is 1020. The lowest BCUT2D eigenvalue weighted by atomic mass is 10.1. The van der Waals surface area contributed by atoms with Crippen molar-refractivity contribution in [1.29, 1.82) is 0 Å². The topological polar surface area (TPSA) is 79.0 Å². The van der Waals surface area contributed by atoms with Gasteiger partial charge in [-0.3, -0.25) is 4.79 Å². The average Bonchev–Trinajstić information content (AvgIpc) is 2.72. The second-order valence-electron chi connectivity index (χ2n) is 6.64. The Labute approximate surface area is 189 Å². The van der Waals surface area contributed by atoms with Gasteiger partial charge in [0, 0.05) is 8.95 Å². The molecule has 1 aromatic heterocycles. The highest BCUT2D eigenvalue weighted by molar-refractivity contribution is 9.10. The molecule has 30 heavy (non-hydrogen) atoms. The Morgan fingerprint density at radius 2 is 1.03 bits per heavy atom. The first-order chi connectivity index (χ1) is 14.6. The SMILES string of the molecule is O=c1c2cc(Br)cc3c2[nH]c2c(cc(Br)cc12)OCCOCCOCCOCCO3. The fourth-order valence-corrected chi connectivity index (χ4v) is 4.11. The van der Waals surface area contributed by atoms with Crippen molar-refractivity contribution in [2.45, 2.75) is 0 Å². The molecule has 2 bridgehead atoms. The van der Waals surface area contributed by atoms with Gasteiger partial charge in [0.25, 0.3) is 0 Å². The van der Waals surface area contributed by atoms with Crippen LogP contribution in [0.4, 0.5) is 0 Å². The van der Waals surface area contributed by atoms with Gasteiger partial charge in [-0.25, -0.2) is 0 Å². The number of aromatic amines is 1. The lowest BCUT2D eigenvalue weighted by Gasteiger charge is -2.15. The van der Waals surface area contributed by atoms with Crippen LogP contribution in [0.1, 0.15) is 0 Å². The highest BCUT2D eigenvalue weighted by Crippen LogP contribution is 2.33. The van der Waals surface area contributed by atoms with Crippen molar-refractivity contribution in [1.82, 2.24) is 4.98 Å². The number of benzene rings is 2. The van der Waals surface area contributed by atoms with Crippen molar-refractivity contribution in [3.8, 4) is 11.5 Å². The molecule has 7 nitrogen and oxygen atoms in total. The zero-order valence-corrected chi connectivity index (χ0v) is 19.3. The van der Waals surface area contributed by atoms with Crippen LogP contribution in [0.25, 0.3) is 21.8 Å². The van der Waals surface area contributed by atoms with Gasteiger partial charge in [-0.2, -0.15) is 0 Å². The second kappa shape index (κ2) is 10.1. The molecule has 1 aliphatic rings. The molecule has 9 heteroatoms. The number of halogens is 2. The molecule has 0 fully saturated rings. The van der Waals surface area contributed by atoms with Gasteiger partial charge >= 0.3 is 0 Å². The average molecular weight is 543 g/mol. The van der Waals surface area contributed by atoms with Crippen LogP contribution in [0.15, 0.2) is 38.0 Å². The molecule has 4 rings (SSSR count). The van der Waals surface area contributed by atoms with E-state index in [4.69, 9.17) is 23.7 Å². The maximum absolute atomic E-state index is 13.3. The Morgan fingerprint density at radius 3 is 1.47 bits per heavy atom. The maximum atomic E-state index is 13.3. The summed E-state index contributed by atoms with van der Waals surface area (Å²) in [6.07, 6.45) is 0. The maximum Gasteiger partial charge on any atom is 0.197 e. The highest BCUT2D eigenvalue weighted by atomic mass is 79.9. The zero-order chi connectivity index (χ0) is 20.9. The van der Waals surface area contributed by atoms with E-state index < -0.39 is 0 Å². The number of rotatable bonds is 0. The van der Waals surface area contributed by atoms with Crippen molar-refractivity contribution in [3.05, 3.63) is 43.4 Å². The van der Waals surface area contributed by atoms with Crippen molar-refractivity contribution in [2.75, 3.05) is 52.9 Å². The lowest BCUT2D eigenvalue weighted by molar-refractivity contribution is 0.00506. The number of hydrogen-bond donors (Lipinski definition) is 1.